The summed E-state index contributed by atoms with van der Waals surface area (Å²) >= 11 is 1.49. The van der Waals surface area contributed by atoms with E-state index in [-0.39, 0.29) is 29.4 Å². The number of aromatic nitrogens is 1. The van der Waals surface area contributed by atoms with E-state index in [1.54, 1.807) is 4.90 Å². The van der Waals surface area contributed by atoms with Crippen LogP contribution in [0.15, 0.2) is 41.3 Å². The zero-order chi connectivity index (χ0) is 25.7. The number of carbonyl (C=O) groups is 1. The molecule has 36 heavy (non-hydrogen) atoms. The second kappa shape index (κ2) is 11.8. The summed E-state index contributed by atoms with van der Waals surface area (Å²) in [5.74, 6) is -0.803. The SMILES string of the molecule is Cc1cc(C)c2nc(N(CCCN3CCOCC3)C(=O)CCCS(=O)(=O)c3ccc(F)cc3)sc2c1. The third kappa shape index (κ3) is 6.67. The molecule has 0 aliphatic carbocycles. The molecule has 0 bridgehead atoms. The molecule has 1 aliphatic heterocycles. The zero-order valence-electron chi connectivity index (χ0n) is 20.7. The first kappa shape index (κ1) is 26.7. The molecule has 1 saturated heterocycles. The highest BCUT2D eigenvalue weighted by Crippen LogP contribution is 2.32. The van der Waals surface area contributed by atoms with E-state index >= 15 is 0 Å². The van der Waals surface area contributed by atoms with Gasteiger partial charge in [-0.2, -0.15) is 0 Å². The van der Waals surface area contributed by atoms with Crippen molar-refractivity contribution in [2.45, 2.75) is 38.0 Å². The number of carbonyl (C=O) groups excluding carboxylic acids is 1. The lowest BCUT2D eigenvalue weighted by Gasteiger charge is -2.27. The van der Waals surface area contributed by atoms with Crippen LogP contribution in [0.4, 0.5) is 9.52 Å². The lowest BCUT2D eigenvalue weighted by molar-refractivity contribution is -0.118. The van der Waals surface area contributed by atoms with Gasteiger partial charge in [-0.05, 0) is 68.1 Å². The summed E-state index contributed by atoms with van der Waals surface area (Å²) in [6.45, 7) is 8.64. The molecule has 1 aromatic heterocycles. The Morgan fingerprint density at radius 1 is 1.14 bits per heavy atom. The topological polar surface area (TPSA) is 79.8 Å². The van der Waals surface area contributed by atoms with Gasteiger partial charge in [-0.3, -0.25) is 14.6 Å². The van der Waals surface area contributed by atoms with E-state index in [0.717, 1.165) is 72.7 Å². The highest BCUT2D eigenvalue weighted by molar-refractivity contribution is 7.91. The maximum Gasteiger partial charge on any atom is 0.228 e. The third-order valence-corrected chi connectivity index (χ3v) is 9.13. The fourth-order valence-corrected chi connectivity index (χ4v) is 6.88. The summed E-state index contributed by atoms with van der Waals surface area (Å²) in [5, 5.41) is 0.645. The Kier molecular flexibility index (Phi) is 8.71. The Hall–Kier alpha value is -2.40. The summed E-state index contributed by atoms with van der Waals surface area (Å²) in [4.78, 5) is 22.2. The van der Waals surface area contributed by atoms with E-state index in [4.69, 9.17) is 9.72 Å². The summed E-state index contributed by atoms with van der Waals surface area (Å²) in [5.41, 5.74) is 3.11. The predicted molar refractivity (Wildman–Crippen MR) is 141 cm³/mol. The Bertz CT molecular complexity index is 1300. The summed E-state index contributed by atoms with van der Waals surface area (Å²) in [6.07, 6.45) is 1.06. The molecule has 0 saturated carbocycles. The minimum atomic E-state index is -3.59. The molecule has 0 spiro atoms. The molecule has 10 heteroatoms. The monoisotopic (exact) mass is 533 g/mol. The molecule has 1 amide bonds. The molecule has 0 N–H and O–H groups in total. The van der Waals surface area contributed by atoms with E-state index in [9.17, 15) is 17.6 Å². The Morgan fingerprint density at radius 3 is 2.58 bits per heavy atom. The van der Waals surface area contributed by atoms with Gasteiger partial charge in [0.1, 0.15) is 5.82 Å². The molecule has 194 valence electrons. The van der Waals surface area contributed by atoms with E-state index < -0.39 is 15.7 Å². The lowest BCUT2D eigenvalue weighted by atomic mass is 10.1. The highest BCUT2D eigenvalue weighted by Gasteiger charge is 2.22. The number of morpholine rings is 1. The number of hydrogen-bond acceptors (Lipinski definition) is 7. The number of halogens is 1. The number of ether oxygens (including phenoxy) is 1. The number of benzene rings is 2. The number of thiazole rings is 1. The van der Waals surface area contributed by atoms with Crippen molar-refractivity contribution in [3.63, 3.8) is 0 Å². The van der Waals surface area contributed by atoms with Gasteiger partial charge in [0.05, 0.1) is 34.1 Å². The largest absolute Gasteiger partial charge is 0.379 e. The molecule has 2 heterocycles. The van der Waals surface area contributed by atoms with Gasteiger partial charge >= 0.3 is 0 Å². The summed E-state index contributed by atoms with van der Waals surface area (Å²) in [7, 11) is -3.59. The molecule has 4 rings (SSSR count). The van der Waals surface area contributed by atoms with Crippen LogP contribution < -0.4 is 4.90 Å². The zero-order valence-corrected chi connectivity index (χ0v) is 22.3. The van der Waals surface area contributed by atoms with Gasteiger partial charge in [-0.1, -0.05) is 17.4 Å². The van der Waals surface area contributed by atoms with E-state index in [1.165, 1.54) is 23.5 Å². The molecule has 1 aliphatic rings. The van der Waals surface area contributed by atoms with Crippen molar-refractivity contribution >= 4 is 42.4 Å². The van der Waals surface area contributed by atoms with Crippen molar-refractivity contribution in [1.29, 1.82) is 0 Å². The average molecular weight is 534 g/mol. The third-order valence-electron chi connectivity index (χ3n) is 6.29. The first-order chi connectivity index (χ1) is 17.2. The molecule has 3 aromatic rings. The van der Waals surface area contributed by atoms with E-state index in [0.29, 0.717) is 11.7 Å². The van der Waals surface area contributed by atoms with Crippen molar-refractivity contribution in [2.24, 2.45) is 0 Å². The van der Waals surface area contributed by atoms with Gasteiger partial charge in [0.2, 0.25) is 5.91 Å². The van der Waals surface area contributed by atoms with Crippen LogP contribution in [0, 0.1) is 19.7 Å². The minimum absolute atomic E-state index is 0.0655. The fraction of sp³-hybridized carbons (Fsp3) is 0.462. The van der Waals surface area contributed by atoms with Gasteiger partial charge < -0.3 is 4.74 Å². The standard InChI is InChI=1S/C26H32FN3O4S2/c1-19-17-20(2)25-23(18-19)35-26(28-25)30(11-4-10-29-12-14-34-15-13-29)24(31)5-3-16-36(32,33)22-8-6-21(27)7-9-22/h6-9,17-18H,3-5,10-16H2,1-2H3. The van der Waals surface area contributed by atoms with Gasteiger partial charge in [-0.25, -0.2) is 17.8 Å². The maximum atomic E-state index is 13.3. The molecule has 2 aromatic carbocycles. The van der Waals surface area contributed by atoms with Crippen molar-refractivity contribution in [2.75, 3.05) is 50.0 Å². The van der Waals surface area contributed by atoms with Gasteiger partial charge in [0, 0.05) is 32.6 Å². The van der Waals surface area contributed by atoms with E-state index in [1.807, 2.05) is 13.8 Å². The molecular weight excluding hydrogens is 501 g/mol. The number of hydrogen-bond donors (Lipinski definition) is 0. The molecule has 0 unspecified atom stereocenters. The van der Waals surface area contributed by atoms with Crippen LogP contribution in [-0.4, -0.2) is 69.4 Å². The lowest BCUT2D eigenvalue weighted by Crippen LogP contribution is -2.39. The smallest absolute Gasteiger partial charge is 0.228 e. The number of anilines is 1. The van der Waals surface area contributed by atoms with Crippen LogP contribution >= 0.6 is 11.3 Å². The summed E-state index contributed by atoms with van der Waals surface area (Å²) in [6, 6.07) is 8.94. The van der Waals surface area contributed by atoms with Crippen LogP contribution in [0.25, 0.3) is 10.2 Å². The average Bonchev–Trinajstić information content (AvgIpc) is 3.26. The number of amides is 1. The fourth-order valence-electron chi connectivity index (χ4n) is 4.39. The van der Waals surface area contributed by atoms with Crippen LogP contribution in [0.3, 0.4) is 0 Å². The number of aryl methyl sites for hydroxylation is 2. The van der Waals surface area contributed by atoms with Crippen molar-refractivity contribution in [1.82, 2.24) is 9.88 Å². The Labute approximate surface area is 215 Å². The molecule has 1 fully saturated rings. The quantitative estimate of drug-likeness (QED) is 0.360. The highest BCUT2D eigenvalue weighted by atomic mass is 32.2. The van der Waals surface area contributed by atoms with Crippen molar-refractivity contribution < 1.29 is 22.3 Å². The van der Waals surface area contributed by atoms with Crippen molar-refractivity contribution in [3.05, 3.63) is 53.3 Å². The minimum Gasteiger partial charge on any atom is -0.379 e. The second-order valence-corrected chi connectivity index (χ2v) is 12.3. The maximum absolute atomic E-state index is 13.3. The normalized spacial score (nSPS) is 14.9. The predicted octanol–water partition coefficient (Wildman–Crippen LogP) is 4.36. The molecule has 0 radical (unpaired) electrons. The first-order valence-electron chi connectivity index (χ1n) is 12.2. The Morgan fingerprint density at radius 2 is 1.86 bits per heavy atom. The van der Waals surface area contributed by atoms with Gasteiger partial charge in [-0.15, -0.1) is 0 Å². The van der Waals surface area contributed by atoms with Gasteiger partial charge in [0.15, 0.2) is 15.0 Å². The number of nitrogens with zero attached hydrogens (tertiary/aromatic N) is 3. The number of fused-ring (bicyclic) bond motifs is 1. The van der Waals surface area contributed by atoms with Crippen LogP contribution in [0.2, 0.25) is 0 Å². The van der Waals surface area contributed by atoms with Crippen LogP contribution in [0.1, 0.15) is 30.4 Å². The Balaban J connectivity index is 1.45. The van der Waals surface area contributed by atoms with Crippen LogP contribution in [0.5, 0.6) is 0 Å². The van der Waals surface area contributed by atoms with Crippen LogP contribution in [-0.2, 0) is 19.4 Å². The van der Waals surface area contributed by atoms with E-state index in [2.05, 4.69) is 17.0 Å². The number of sulfone groups is 1. The molecule has 7 nitrogen and oxygen atoms in total. The molecular formula is C26H32FN3O4S2. The summed E-state index contributed by atoms with van der Waals surface area (Å²) < 4.78 is 44.9. The molecule has 0 atom stereocenters. The second-order valence-electron chi connectivity index (χ2n) is 9.15. The first-order valence-corrected chi connectivity index (χ1v) is 14.7. The van der Waals surface area contributed by atoms with Gasteiger partial charge in [0.25, 0.3) is 0 Å². The number of rotatable bonds is 10. The van der Waals surface area contributed by atoms with Crippen molar-refractivity contribution in [3.8, 4) is 0 Å².